The van der Waals surface area contributed by atoms with E-state index in [0.717, 1.165) is 5.56 Å². The molecule has 112 valence electrons. The Balaban J connectivity index is 3.01. The van der Waals surface area contributed by atoms with Crippen LogP contribution >= 0.6 is 0 Å². The van der Waals surface area contributed by atoms with Gasteiger partial charge in [-0.15, -0.1) is 0 Å². The summed E-state index contributed by atoms with van der Waals surface area (Å²) in [7, 11) is 0. The molecule has 0 radical (unpaired) electrons. The van der Waals surface area contributed by atoms with E-state index in [-0.39, 0.29) is 29.7 Å². The number of carbonyl (C=O) groups is 1. The minimum atomic E-state index is -0.514. The van der Waals surface area contributed by atoms with E-state index in [1.807, 2.05) is 34.6 Å². The molecule has 0 saturated heterocycles. The Morgan fingerprint density at radius 2 is 1.60 bits per heavy atom. The van der Waals surface area contributed by atoms with Crippen molar-refractivity contribution in [1.82, 2.24) is 4.90 Å². The van der Waals surface area contributed by atoms with Gasteiger partial charge in [0.25, 0.3) is 0 Å². The first-order chi connectivity index (χ1) is 9.25. The Morgan fingerprint density at radius 3 is 2.00 bits per heavy atom. The van der Waals surface area contributed by atoms with Crippen molar-refractivity contribution < 1.29 is 9.18 Å². The van der Waals surface area contributed by atoms with E-state index in [2.05, 4.69) is 0 Å². The van der Waals surface area contributed by atoms with E-state index in [1.54, 1.807) is 17.0 Å². The fraction of sp³-hybridized carbons (Fsp3) is 0.562. The molecule has 3 nitrogen and oxygen atoms in total. The molecule has 1 unspecified atom stereocenters. The molecule has 0 spiro atoms. The van der Waals surface area contributed by atoms with E-state index < -0.39 is 6.04 Å². The number of rotatable bonds is 5. The molecule has 0 aliphatic heterocycles. The molecule has 0 saturated carbocycles. The Bertz CT molecular complexity index is 442. The van der Waals surface area contributed by atoms with Gasteiger partial charge in [0.1, 0.15) is 5.82 Å². The molecule has 0 bridgehead atoms. The van der Waals surface area contributed by atoms with Crippen molar-refractivity contribution in [2.75, 3.05) is 0 Å². The zero-order valence-corrected chi connectivity index (χ0v) is 12.9. The third-order valence-corrected chi connectivity index (χ3v) is 3.58. The van der Waals surface area contributed by atoms with Crippen LogP contribution in [0.3, 0.4) is 0 Å². The molecule has 2 N–H and O–H groups in total. The molecular weight excluding hydrogens is 255 g/mol. The summed E-state index contributed by atoms with van der Waals surface area (Å²) in [6, 6.07) is 5.64. The van der Waals surface area contributed by atoms with Crippen molar-refractivity contribution in [3.8, 4) is 0 Å². The second-order valence-corrected chi connectivity index (χ2v) is 5.84. The first-order valence-electron chi connectivity index (χ1n) is 7.09. The van der Waals surface area contributed by atoms with Crippen molar-refractivity contribution >= 4 is 5.91 Å². The third kappa shape index (κ3) is 3.79. The predicted octanol–water partition coefficient (Wildman–Crippen LogP) is 3.11. The lowest BCUT2D eigenvalue weighted by atomic mass is 9.99. The summed E-state index contributed by atoms with van der Waals surface area (Å²) < 4.78 is 13.0. The summed E-state index contributed by atoms with van der Waals surface area (Å²) in [5.41, 5.74) is 6.89. The largest absolute Gasteiger partial charge is 0.332 e. The van der Waals surface area contributed by atoms with Crippen LogP contribution < -0.4 is 5.73 Å². The van der Waals surface area contributed by atoms with Crippen LogP contribution in [0, 0.1) is 11.7 Å². The van der Waals surface area contributed by atoms with Gasteiger partial charge < -0.3 is 10.6 Å². The lowest BCUT2D eigenvalue weighted by Gasteiger charge is -2.36. The maximum absolute atomic E-state index is 13.0. The average Bonchev–Trinajstić information content (AvgIpc) is 2.37. The van der Waals surface area contributed by atoms with Gasteiger partial charge in [0.15, 0.2) is 0 Å². The van der Waals surface area contributed by atoms with Crippen molar-refractivity contribution in [3.63, 3.8) is 0 Å². The minimum Gasteiger partial charge on any atom is -0.332 e. The fourth-order valence-corrected chi connectivity index (χ4v) is 2.25. The van der Waals surface area contributed by atoms with E-state index in [4.69, 9.17) is 5.73 Å². The molecule has 4 heteroatoms. The Morgan fingerprint density at radius 1 is 1.10 bits per heavy atom. The van der Waals surface area contributed by atoms with Crippen molar-refractivity contribution in [2.45, 2.75) is 52.7 Å². The highest BCUT2D eigenvalue weighted by Gasteiger charge is 2.29. The van der Waals surface area contributed by atoms with Gasteiger partial charge in [-0.05, 0) is 44.4 Å². The van der Waals surface area contributed by atoms with Crippen LogP contribution in [-0.2, 0) is 4.79 Å². The maximum Gasteiger partial charge on any atom is 0.240 e. The summed E-state index contributed by atoms with van der Waals surface area (Å²) in [5.74, 6) is -0.252. The van der Waals surface area contributed by atoms with Gasteiger partial charge in [0.05, 0.1) is 12.1 Å². The van der Waals surface area contributed by atoms with Gasteiger partial charge in [-0.3, -0.25) is 4.79 Å². The summed E-state index contributed by atoms with van der Waals surface area (Å²) in [6.07, 6.45) is 0. The lowest BCUT2D eigenvalue weighted by molar-refractivity contribution is -0.137. The van der Waals surface area contributed by atoms with Crippen LogP contribution in [-0.4, -0.2) is 22.9 Å². The van der Waals surface area contributed by atoms with Crippen LogP contribution in [0.15, 0.2) is 24.3 Å². The molecule has 1 aromatic carbocycles. The Hall–Kier alpha value is -1.42. The smallest absolute Gasteiger partial charge is 0.240 e. The molecule has 0 fully saturated rings. The third-order valence-electron chi connectivity index (χ3n) is 3.58. The Kier molecular flexibility index (Phi) is 5.69. The van der Waals surface area contributed by atoms with Crippen LogP contribution in [0.2, 0.25) is 0 Å². The molecule has 1 rings (SSSR count). The van der Waals surface area contributed by atoms with Crippen molar-refractivity contribution in [2.24, 2.45) is 11.7 Å². The molecule has 1 amide bonds. The number of amides is 1. The number of hydrogen-bond acceptors (Lipinski definition) is 2. The molecule has 0 aromatic heterocycles. The summed E-state index contributed by atoms with van der Waals surface area (Å²) in [5, 5.41) is 0. The molecule has 2 atom stereocenters. The van der Waals surface area contributed by atoms with Crippen LogP contribution in [0.1, 0.15) is 46.2 Å². The van der Waals surface area contributed by atoms with Gasteiger partial charge in [-0.2, -0.15) is 0 Å². The fourth-order valence-electron chi connectivity index (χ4n) is 2.25. The zero-order valence-electron chi connectivity index (χ0n) is 12.9. The second kappa shape index (κ2) is 6.84. The topological polar surface area (TPSA) is 46.3 Å². The predicted molar refractivity (Wildman–Crippen MR) is 79.6 cm³/mol. The highest BCUT2D eigenvalue weighted by Crippen LogP contribution is 2.24. The molecule has 0 aliphatic carbocycles. The normalized spacial score (nSPS) is 14.4. The highest BCUT2D eigenvalue weighted by molar-refractivity contribution is 5.82. The monoisotopic (exact) mass is 280 g/mol. The first-order valence-corrected chi connectivity index (χ1v) is 7.09. The van der Waals surface area contributed by atoms with Crippen molar-refractivity contribution in [3.05, 3.63) is 35.6 Å². The number of carbonyl (C=O) groups excluding carboxylic acids is 1. The van der Waals surface area contributed by atoms with Gasteiger partial charge >= 0.3 is 0 Å². The molecule has 0 aliphatic rings. The number of nitrogens with two attached hydrogens (primary N) is 1. The second-order valence-electron chi connectivity index (χ2n) is 5.84. The average molecular weight is 280 g/mol. The number of hydrogen-bond donors (Lipinski definition) is 1. The maximum atomic E-state index is 13.0. The minimum absolute atomic E-state index is 0.0346. The highest BCUT2D eigenvalue weighted by atomic mass is 19.1. The zero-order chi connectivity index (χ0) is 15.4. The van der Waals surface area contributed by atoms with Gasteiger partial charge in [0, 0.05) is 6.04 Å². The number of nitrogens with zero attached hydrogens (tertiary/aromatic N) is 1. The van der Waals surface area contributed by atoms with E-state index >= 15 is 0 Å². The van der Waals surface area contributed by atoms with Crippen LogP contribution in [0.25, 0.3) is 0 Å². The molecule has 0 heterocycles. The van der Waals surface area contributed by atoms with Gasteiger partial charge in [-0.25, -0.2) is 4.39 Å². The number of benzene rings is 1. The SMILES string of the molecule is CC(C)[C@H](N)C(=O)N(C(C)C)C(C)c1ccc(F)cc1. The molecular formula is C16H25FN2O. The molecule has 20 heavy (non-hydrogen) atoms. The standard InChI is InChI=1S/C16H25FN2O/c1-10(2)15(18)16(20)19(11(3)4)12(5)13-6-8-14(17)9-7-13/h6-12,15H,18H2,1-5H3/t12?,15-/m0/s1. The van der Waals surface area contributed by atoms with E-state index in [1.165, 1.54) is 12.1 Å². The van der Waals surface area contributed by atoms with Crippen LogP contribution in [0.5, 0.6) is 0 Å². The van der Waals surface area contributed by atoms with E-state index in [9.17, 15) is 9.18 Å². The number of halogens is 1. The Labute approximate surface area is 121 Å². The van der Waals surface area contributed by atoms with Gasteiger partial charge in [-0.1, -0.05) is 26.0 Å². The lowest BCUT2D eigenvalue weighted by Crippen LogP contribution is -2.50. The van der Waals surface area contributed by atoms with E-state index in [0.29, 0.717) is 0 Å². The summed E-state index contributed by atoms with van der Waals surface area (Å²) in [4.78, 5) is 14.3. The summed E-state index contributed by atoms with van der Waals surface area (Å²) in [6.45, 7) is 9.74. The van der Waals surface area contributed by atoms with Crippen LogP contribution in [0.4, 0.5) is 4.39 Å². The van der Waals surface area contributed by atoms with Crippen molar-refractivity contribution in [1.29, 1.82) is 0 Å². The molecule has 1 aromatic rings. The first kappa shape index (κ1) is 16.6. The van der Waals surface area contributed by atoms with Gasteiger partial charge in [0.2, 0.25) is 5.91 Å². The quantitative estimate of drug-likeness (QED) is 0.901. The summed E-state index contributed by atoms with van der Waals surface area (Å²) >= 11 is 0.